The van der Waals surface area contributed by atoms with Crippen molar-refractivity contribution in [2.45, 2.75) is 6.54 Å². The highest BCUT2D eigenvalue weighted by Crippen LogP contribution is 2.13. The second-order valence-electron chi connectivity index (χ2n) is 4.35. The van der Waals surface area contributed by atoms with Crippen LogP contribution in [0.1, 0.15) is 0 Å². The predicted octanol–water partition coefficient (Wildman–Crippen LogP) is 1.70. The van der Waals surface area contributed by atoms with Crippen LogP contribution in [0.5, 0.6) is 0 Å². The number of nitrogens with one attached hydrogen (secondary N) is 1. The van der Waals surface area contributed by atoms with Gasteiger partial charge in [0.1, 0.15) is 4.83 Å². The number of hydrogen-bond acceptors (Lipinski definition) is 5. The molecule has 0 saturated heterocycles. The number of nitrogens with zero attached hydrogens (tertiary/aromatic N) is 2. The van der Waals surface area contributed by atoms with Gasteiger partial charge in [0.15, 0.2) is 4.77 Å². The van der Waals surface area contributed by atoms with Gasteiger partial charge in [-0.25, -0.2) is 0 Å². The average Bonchev–Trinajstić information content (AvgIpc) is 2.84. The molecule has 0 radical (unpaired) electrons. The first kappa shape index (κ1) is 14.4. The van der Waals surface area contributed by atoms with E-state index in [1.54, 1.807) is 11.7 Å². The van der Waals surface area contributed by atoms with E-state index in [0.29, 0.717) is 23.3 Å². The molecule has 19 heavy (non-hydrogen) atoms. The molecular weight excluding hydrogens is 282 g/mol. The molecule has 2 aromatic rings. The topological polar surface area (TPSA) is 50.3 Å². The maximum absolute atomic E-state index is 12.3. The number of rotatable bonds is 6. The van der Waals surface area contributed by atoms with Gasteiger partial charge in [-0.15, -0.1) is 11.3 Å². The molecular formula is C12H17N3O2S2. The summed E-state index contributed by atoms with van der Waals surface area (Å²) in [5.41, 5.74) is -0.0138. The van der Waals surface area contributed by atoms with Crippen LogP contribution in [0.2, 0.25) is 0 Å². The molecule has 0 amide bonds. The van der Waals surface area contributed by atoms with E-state index in [1.807, 2.05) is 18.5 Å². The van der Waals surface area contributed by atoms with Crippen LogP contribution in [-0.2, 0) is 11.3 Å². The van der Waals surface area contributed by atoms with Gasteiger partial charge in [-0.1, -0.05) is 0 Å². The molecule has 2 aromatic heterocycles. The molecule has 1 N–H and O–H groups in total. The maximum Gasteiger partial charge on any atom is 0.263 e. The van der Waals surface area contributed by atoms with Crippen molar-refractivity contribution in [3.63, 3.8) is 0 Å². The molecule has 0 fully saturated rings. The number of H-pyrrole nitrogens is 1. The minimum absolute atomic E-state index is 0.0138. The highest BCUT2D eigenvalue weighted by atomic mass is 32.1. The zero-order chi connectivity index (χ0) is 13.8. The molecule has 0 aromatic carbocycles. The van der Waals surface area contributed by atoms with Gasteiger partial charge >= 0.3 is 0 Å². The third kappa shape index (κ3) is 3.30. The Morgan fingerprint density at radius 1 is 1.53 bits per heavy atom. The number of aromatic nitrogens is 2. The van der Waals surface area contributed by atoms with Gasteiger partial charge in [0.25, 0.3) is 5.56 Å². The summed E-state index contributed by atoms with van der Waals surface area (Å²) >= 11 is 6.74. The molecule has 0 spiro atoms. The predicted molar refractivity (Wildman–Crippen MR) is 80.6 cm³/mol. The van der Waals surface area contributed by atoms with E-state index in [9.17, 15) is 4.79 Å². The summed E-state index contributed by atoms with van der Waals surface area (Å²) in [7, 11) is 3.68. The minimum atomic E-state index is -0.0138. The molecule has 7 heteroatoms. The fourth-order valence-corrected chi connectivity index (χ4v) is 2.93. The second-order valence-corrected chi connectivity index (χ2v) is 5.65. The third-order valence-electron chi connectivity index (χ3n) is 2.99. The average molecular weight is 299 g/mol. The summed E-state index contributed by atoms with van der Waals surface area (Å²) in [5.74, 6) is 0. The van der Waals surface area contributed by atoms with Crippen molar-refractivity contribution in [2.75, 3.05) is 33.9 Å². The number of ether oxygens (including phenoxy) is 1. The molecule has 0 atom stereocenters. The van der Waals surface area contributed by atoms with Crippen LogP contribution in [0.15, 0.2) is 16.2 Å². The lowest BCUT2D eigenvalue weighted by Gasteiger charge is -2.16. The summed E-state index contributed by atoms with van der Waals surface area (Å²) in [6, 6.07) is 1.83. The molecule has 0 aliphatic carbocycles. The molecule has 0 unspecified atom stereocenters. The van der Waals surface area contributed by atoms with E-state index in [4.69, 9.17) is 17.0 Å². The minimum Gasteiger partial charge on any atom is -0.383 e. The molecule has 0 aliphatic heterocycles. The van der Waals surface area contributed by atoms with Crippen LogP contribution in [-0.4, -0.2) is 48.3 Å². The van der Waals surface area contributed by atoms with Crippen LogP contribution in [0.25, 0.3) is 10.2 Å². The molecule has 104 valence electrons. The van der Waals surface area contributed by atoms with Crippen molar-refractivity contribution in [1.82, 2.24) is 14.5 Å². The lowest BCUT2D eigenvalue weighted by atomic mass is 10.4. The van der Waals surface area contributed by atoms with Crippen molar-refractivity contribution in [1.29, 1.82) is 0 Å². The lowest BCUT2D eigenvalue weighted by Crippen LogP contribution is -2.31. The fraction of sp³-hybridized carbons (Fsp3) is 0.500. The van der Waals surface area contributed by atoms with Crippen LogP contribution < -0.4 is 5.56 Å². The smallest absolute Gasteiger partial charge is 0.263 e. The van der Waals surface area contributed by atoms with E-state index < -0.39 is 0 Å². The number of fused-ring (bicyclic) bond motifs is 1. The largest absolute Gasteiger partial charge is 0.383 e. The summed E-state index contributed by atoms with van der Waals surface area (Å²) in [6.07, 6.45) is 0. The van der Waals surface area contributed by atoms with Crippen LogP contribution in [0.4, 0.5) is 0 Å². The quantitative estimate of drug-likeness (QED) is 0.825. The maximum atomic E-state index is 12.3. The normalized spacial score (nSPS) is 11.5. The summed E-state index contributed by atoms with van der Waals surface area (Å²) in [6.45, 7) is 2.86. The molecule has 0 aliphatic rings. The summed E-state index contributed by atoms with van der Waals surface area (Å²) in [4.78, 5) is 18.3. The molecule has 2 rings (SSSR count). The number of aromatic amines is 1. The standard InChI is InChI=1S/C12H17N3O2S2/c1-14(6-7-17-2)4-5-15-11(16)9-3-8-19-10(9)13-12(15)18/h3,8H,4-7H2,1-2H3,(H,13,18). The zero-order valence-electron chi connectivity index (χ0n) is 11.0. The molecule has 5 nitrogen and oxygen atoms in total. The van der Waals surface area contributed by atoms with Crippen molar-refractivity contribution < 1.29 is 4.74 Å². The van der Waals surface area contributed by atoms with Gasteiger partial charge in [-0.2, -0.15) is 0 Å². The van der Waals surface area contributed by atoms with Gasteiger partial charge in [-0.3, -0.25) is 9.36 Å². The van der Waals surface area contributed by atoms with E-state index in [1.165, 1.54) is 11.3 Å². The Hall–Kier alpha value is -1.02. The van der Waals surface area contributed by atoms with E-state index in [2.05, 4.69) is 9.88 Å². The van der Waals surface area contributed by atoms with E-state index in [-0.39, 0.29) is 5.56 Å². The van der Waals surface area contributed by atoms with Gasteiger partial charge in [-0.05, 0) is 30.7 Å². The zero-order valence-corrected chi connectivity index (χ0v) is 12.6. The van der Waals surface area contributed by atoms with Gasteiger partial charge in [0.05, 0.1) is 12.0 Å². The van der Waals surface area contributed by atoms with Crippen molar-refractivity contribution in [3.05, 3.63) is 26.6 Å². The highest BCUT2D eigenvalue weighted by molar-refractivity contribution is 7.71. The van der Waals surface area contributed by atoms with Crippen molar-refractivity contribution in [3.8, 4) is 0 Å². The fourth-order valence-electron chi connectivity index (χ4n) is 1.81. The van der Waals surface area contributed by atoms with Crippen LogP contribution in [0, 0.1) is 4.77 Å². The van der Waals surface area contributed by atoms with Gasteiger partial charge in [0.2, 0.25) is 0 Å². The van der Waals surface area contributed by atoms with Crippen molar-refractivity contribution in [2.24, 2.45) is 0 Å². The molecule has 0 saturated carbocycles. The number of hydrogen-bond donors (Lipinski definition) is 1. The van der Waals surface area contributed by atoms with Crippen LogP contribution in [0.3, 0.4) is 0 Å². The SMILES string of the molecule is COCCN(C)CCn1c(=S)[nH]c2sccc2c1=O. The Kier molecular flexibility index (Phi) is 4.87. The first-order valence-electron chi connectivity index (χ1n) is 6.01. The Bertz CT molecular complexity index is 659. The Morgan fingerprint density at radius 2 is 2.32 bits per heavy atom. The number of methoxy groups -OCH3 is 1. The first-order valence-corrected chi connectivity index (χ1v) is 7.30. The van der Waals surface area contributed by atoms with Crippen LogP contribution >= 0.6 is 23.6 Å². The van der Waals surface area contributed by atoms with Gasteiger partial charge < -0.3 is 14.6 Å². The highest BCUT2D eigenvalue weighted by Gasteiger charge is 2.07. The third-order valence-corrected chi connectivity index (χ3v) is 4.14. The molecule has 0 bridgehead atoms. The Labute approximate surface area is 120 Å². The number of thiophene rings is 1. The van der Waals surface area contributed by atoms with E-state index >= 15 is 0 Å². The summed E-state index contributed by atoms with van der Waals surface area (Å²) in [5, 5.41) is 2.60. The Balaban J connectivity index is 2.16. The number of likely N-dealkylation sites (N-methyl/N-ethyl adjacent to an activating group) is 1. The second kappa shape index (κ2) is 6.42. The Morgan fingerprint density at radius 3 is 3.05 bits per heavy atom. The lowest BCUT2D eigenvalue weighted by molar-refractivity contribution is 0.159. The molecule has 2 heterocycles. The first-order chi connectivity index (χ1) is 9.13. The summed E-state index contributed by atoms with van der Waals surface area (Å²) < 4.78 is 7.13. The van der Waals surface area contributed by atoms with E-state index in [0.717, 1.165) is 17.9 Å². The van der Waals surface area contributed by atoms with Crippen molar-refractivity contribution >= 4 is 33.8 Å². The monoisotopic (exact) mass is 299 g/mol. The van der Waals surface area contributed by atoms with Gasteiger partial charge in [0, 0.05) is 26.7 Å².